The minimum Gasteiger partial charge on any atom is -0.390 e. The predicted molar refractivity (Wildman–Crippen MR) is 58.8 cm³/mol. The Balaban J connectivity index is 1.81. The van der Waals surface area contributed by atoms with Gasteiger partial charge in [0.15, 0.2) is 0 Å². The number of aryl methyl sites for hydroxylation is 2. The maximum atomic E-state index is 9.85. The van der Waals surface area contributed by atoms with Gasteiger partial charge in [-0.15, -0.1) is 11.3 Å². The molecule has 14 heavy (non-hydrogen) atoms. The molecule has 3 rings (SSSR count). The van der Waals surface area contributed by atoms with E-state index in [9.17, 15) is 5.11 Å². The van der Waals surface area contributed by atoms with Gasteiger partial charge in [-0.1, -0.05) is 0 Å². The SMILES string of the molecule is OC1(Cc2cc3c(s2)CCCC3)CC1. The maximum absolute atomic E-state index is 9.85. The first-order valence-electron chi connectivity index (χ1n) is 5.58. The first kappa shape index (κ1) is 8.93. The predicted octanol–water partition coefficient (Wildman–Crippen LogP) is 2.69. The van der Waals surface area contributed by atoms with E-state index in [4.69, 9.17) is 0 Å². The number of thiophene rings is 1. The highest BCUT2D eigenvalue weighted by molar-refractivity contribution is 7.12. The van der Waals surface area contributed by atoms with Gasteiger partial charge in [-0.25, -0.2) is 0 Å². The molecule has 0 bridgehead atoms. The summed E-state index contributed by atoms with van der Waals surface area (Å²) in [5.41, 5.74) is 1.26. The molecule has 1 aromatic heterocycles. The zero-order valence-corrected chi connectivity index (χ0v) is 9.20. The molecule has 0 radical (unpaired) electrons. The highest BCUT2D eigenvalue weighted by atomic mass is 32.1. The van der Waals surface area contributed by atoms with Crippen molar-refractivity contribution < 1.29 is 5.11 Å². The third-order valence-electron chi connectivity index (χ3n) is 3.38. The first-order chi connectivity index (χ1) is 6.75. The summed E-state index contributed by atoms with van der Waals surface area (Å²) >= 11 is 1.94. The van der Waals surface area contributed by atoms with Gasteiger partial charge in [-0.2, -0.15) is 0 Å². The van der Waals surface area contributed by atoms with E-state index in [1.807, 2.05) is 11.3 Å². The average molecular weight is 208 g/mol. The van der Waals surface area contributed by atoms with Crippen molar-refractivity contribution in [2.24, 2.45) is 0 Å². The third-order valence-corrected chi connectivity index (χ3v) is 4.62. The Hall–Kier alpha value is -0.340. The molecule has 2 aliphatic rings. The van der Waals surface area contributed by atoms with Crippen LogP contribution in [0.2, 0.25) is 0 Å². The molecule has 1 nitrogen and oxygen atoms in total. The molecule has 0 spiro atoms. The van der Waals surface area contributed by atoms with E-state index in [1.165, 1.54) is 30.6 Å². The lowest BCUT2D eigenvalue weighted by atomic mass is 9.99. The highest BCUT2D eigenvalue weighted by Gasteiger charge is 2.40. The largest absolute Gasteiger partial charge is 0.390 e. The summed E-state index contributed by atoms with van der Waals surface area (Å²) in [7, 11) is 0. The van der Waals surface area contributed by atoms with Crippen molar-refractivity contribution in [2.45, 2.75) is 50.5 Å². The molecule has 0 atom stereocenters. The van der Waals surface area contributed by atoms with Crippen molar-refractivity contribution in [1.82, 2.24) is 0 Å². The number of hydrogen-bond donors (Lipinski definition) is 1. The van der Waals surface area contributed by atoms with Crippen LogP contribution in [0, 0.1) is 0 Å². The fourth-order valence-corrected chi connectivity index (χ4v) is 3.68. The Kier molecular flexibility index (Phi) is 1.96. The van der Waals surface area contributed by atoms with Gasteiger partial charge in [0.2, 0.25) is 0 Å². The van der Waals surface area contributed by atoms with Crippen LogP contribution in [0.4, 0.5) is 0 Å². The Morgan fingerprint density at radius 2 is 2.07 bits per heavy atom. The minimum atomic E-state index is -0.312. The number of aliphatic hydroxyl groups is 1. The summed E-state index contributed by atoms with van der Waals surface area (Å²) in [4.78, 5) is 3.01. The molecule has 0 saturated heterocycles. The Labute approximate surface area is 88.8 Å². The quantitative estimate of drug-likeness (QED) is 0.792. The van der Waals surface area contributed by atoms with Crippen LogP contribution in [-0.2, 0) is 19.3 Å². The van der Waals surface area contributed by atoms with Crippen LogP contribution < -0.4 is 0 Å². The van der Waals surface area contributed by atoms with Crippen molar-refractivity contribution in [3.05, 3.63) is 21.4 Å². The minimum absolute atomic E-state index is 0.312. The summed E-state index contributed by atoms with van der Waals surface area (Å²) in [5.74, 6) is 0. The van der Waals surface area contributed by atoms with Crippen molar-refractivity contribution in [3.63, 3.8) is 0 Å². The number of fused-ring (bicyclic) bond motifs is 1. The Morgan fingerprint density at radius 1 is 1.29 bits per heavy atom. The van der Waals surface area contributed by atoms with Gasteiger partial charge < -0.3 is 5.11 Å². The van der Waals surface area contributed by atoms with Gasteiger partial charge in [-0.05, 0) is 50.2 Å². The van der Waals surface area contributed by atoms with Crippen molar-refractivity contribution >= 4 is 11.3 Å². The van der Waals surface area contributed by atoms with Crippen LogP contribution in [0.5, 0.6) is 0 Å². The van der Waals surface area contributed by atoms with Crippen LogP contribution in [0.3, 0.4) is 0 Å². The van der Waals surface area contributed by atoms with Crippen LogP contribution in [0.1, 0.15) is 41.0 Å². The van der Waals surface area contributed by atoms with Gasteiger partial charge in [-0.3, -0.25) is 0 Å². The van der Waals surface area contributed by atoms with Crippen LogP contribution in [0.25, 0.3) is 0 Å². The molecule has 76 valence electrons. The summed E-state index contributed by atoms with van der Waals surface area (Å²) in [6.45, 7) is 0. The van der Waals surface area contributed by atoms with E-state index in [-0.39, 0.29) is 5.60 Å². The van der Waals surface area contributed by atoms with Gasteiger partial charge in [0.05, 0.1) is 5.60 Å². The molecule has 0 unspecified atom stereocenters. The lowest BCUT2D eigenvalue weighted by Crippen LogP contribution is -2.09. The molecular weight excluding hydrogens is 192 g/mol. The Bertz CT molecular complexity index is 326. The summed E-state index contributed by atoms with van der Waals surface area (Å²) in [5, 5.41) is 9.85. The molecule has 2 aliphatic carbocycles. The molecule has 1 aromatic rings. The van der Waals surface area contributed by atoms with Crippen LogP contribution in [0.15, 0.2) is 6.07 Å². The average Bonchev–Trinajstić information content (AvgIpc) is 2.77. The van der Waals surface area contributed by atoms with Crippen molar-refractivity contribution in [3.8, 4) is 0 Å². The second-order valence-corrected chi connectivity index (χ2v) is 5.99. The fraction of sp³-hybridized carbons (Fsp3) is 0.667. The summed E-state index contributed by atoms with van der Waals surface area (Å²) in [6.07, 6.45) is 8.18. The van der Waals surface area contributed by atoms with Gasteiger partial charge in [0.25, 0.3) is 0 Å². The zero-order valence-electron chi connectivity index (χ0n) is 8.38. The van der Waals surface area contributed by atoms with E-state index in [2.05, 4.69) is 6.07 Å². The van der Waals surface area contributed by atoms with E-state index < -0.39 is 0 Å². The molecular formula is C12H16OS. The first-order valence-corrected chi connectivity index (χ1v) is 6.40. The molecule has 1 heterocycles. The van der Waals surface area contributed by atoms with E-state index >= 15 is 0 Å². The van der Waals surface area contributed by atoms with E-state index in [0.29, 0.717) is 0 Å². The standard InChI is InChI=1S/C12H16OS/c13-12(5-6-12)8-10-7-9-3-1-2-4-11(9)14-10/h7,13H,1-6,8H2. The monoisotopic (exact) mass is 208 g/mol. The Morgan fingerprint density at radius 3 is 2.79 bits per heavy atom. The second kappa shape index (κ2) is 3.07. The molecule has 0 amide bonds. The molecule has 1 N–H and O–H groups in total. The number of rotatable bonds is 2. The van der Waals surface area contributed by atoms with Crippen LogP contribution in [-0.4, -0.2) is 10.7 Å². The molecule has 0 aliphatic heterocycles. The number of hydrogen-bond acceptors (Lipinski definition) is 2. The van der Waals surface area contributed by atoms with Crippen molar-refractivity contribution in [2.75, 3.05) is 0 Å². The molecule has 1 saturated carbocycles. The normalized spacial score (nSPS) is 23.2. The highest BCUT2D eigenvalue weighted by Crippen LogP contribution is 2.41. The van der Waals surface area contributed by atoms with Crippen LogP contribution >= 0.6 is 11.3 Å². The van der Waals surface area contributed by atoms with Crippen molar-refractivity contribution in [1.29, 1.82) is 0 Å². The lowest BCUT2D eigenvalue weighted by molar-refractivity contribution is 0.152. The molecule has 2 heteroatoms. The molecule has 0 aromatic carbocycles. The van der Waals surface area contributed by atoms with E-state index in [1.54, 1.807) is 10.4 Å². The fourth-order valence-electron chi connectivity index (χ4n) is 2.28. The smallest absolute Gasteiger partial charge is 0.0698 e. The van der Waals surface area contributed by atoms with Gasteiger partial charge in [0, 0.05) is 16.2 Å². The zero-order chi connectivity index (χ0) is 9.60. The summed E-state index contributed by atoms with van der Waals surface area (Å²) < 4.78 is 0. The van der Waals surface area contributed by atoms with Gasteiger partial charge >= 0.3 is 0 Å². The topological polar surface area (TPSA) is 20.2 Å². The second-order valence-electron chi connectivity index (χ2n) is 4.77. The van der Waals surface area contributed by atoms with Gasteiger partial charge in [0.1, 0.15) is 0 Å². The summed E-state index contributed by atoms with van der Waals surface area (Å²) in [6, 6.07) is 2.34. The lowest BCUT2D eigenvalue weighted by Gasteiger charge is -2.08. The maximum Gasteiger partial charge on any atom is 0.0698 e. The molecule has 1 fully saturated rings. The van der Waals surface area contributed by atoms with E-state index in [0.717, 1.165) is 19.3 Å². The third kappa shape index (κ3) is 1.61.